The molecule has 0 bridgehead atoms. The van der Waals surface area contributed by atoms with Crippen molar-refractivity contribution >= 4 is 21.7 Å². The Morgan fingerprint density at radius 3 is 2.00 bits per heavy atom. The van der Waals surface area contributed by atoms with Crippen LogP contribution in [0.3, 0.4) is 0 Å². The van der Waals surface area contributed by atoms with Crippen LogP contribution in [0.15, 0.2) is 0 Å². The number of amides is 1. The first-order valence-electron chi connectivity index (χ1n) is 6.23. The zero-order valence-electron chi connectivity index (χ0n) is 11.9. The van der Waals surface area contributed by atoms with Crippen LogP contribution in [0.5, 0.6) is 0 Å². The van der Waals surface area contributed by atoms with Crippen molar-refractivity contribution in [1.29, 1.82) is 0 Å². The minimum atomic E-state index is -3.48. The van der Waals surface area contributed by atoms with E-state index in [1.165, 1.54) is 0 Å². The highest BCUT2D eigenvalue weighted by Gasteiger charge is 2.24. The van der Waals surface area contributed by atoms with E-state index in [-0.39, 0.29) is 24.1 Å². The highest BCUT2D eigenvalue weighted by Crippen LogP contribution is 2.05. The third kappa shape index (κ3) is 8.58. The highest BCUT2D eigenvalue weighted by atomic mass is 32.2. The Hall–Kier alpha value is -1.11. The summed E-state index contributed by atoms with van der Waals surface area (Å²) in [4.78, 5) is 23.7. The van der Waals surface area contributed by atoms with Gasteiger partial charge < -0.3 is 10.0 Å². The number of carbonyl (C=O) groups is 2. The molecule has 0 aliphatic rings. The summed E-state index contributed by atoms with van der Waals surface area (Å²) in [6, 6.07) is 0. The third-order valence-electron chi connectivity index (χ3n) is 2.20. The molecule has 0 aromatic carbocycles. The highest BCUT2D eigenvalue weighted by molar-refractivity contribution is 7.92. The van der Waals surface area contributed by atoms with Gasteiger partial charge in [0.1, 0.15) is 12.3 Å². The van der Waals surface area contributed by atoms with E-state index in [4.69, 9.17) is 5.11 Å². The summed E-state index contributed by atoms with van der Waals surface area (Å²) in [5.41, 5.74) is 0. The van der Waals surface area contributed by atoms with Gasteiger partial charge in [-0.3, -0.25) is 9.59 Å². The first kappa shape index (κ1) is 17.9. The molecule has 6 nitrogen and oxygen atoms in total. The molecule has 0 spiro atoms. The lowest BCUT2D eigenvalue weighted by atomic mass is 10.2. The first-order chi connectivity index (χ1) is 8.53. The van der Waals surface area contributed by atoms with Crippen LogP contribution in [0.2, 0.25) is 0 Å². The molecule has 0 atom stereocenters. The van der Waals surface area contributed by atoms with E-state index in [0.29, 0.717) is 0 Å². The van der Waals surface area contributed by atoms with Gasteiger partial charge in [0.2, 0.25) is 5.91 Å². The molecule has 7 heteroatoms. The number of carboxylic acid groups (broad SMARTS) is 1. The van der Waals surface area contributed by atoms with Gasteiger partial charge in [0.15, 0.2) is 9.84 Å². The van der Waals surface area contributed by atoms with Gasteiger partial charge in [-0.1, -0.05) is 27.7 Å². The average molecular weight is 293 g/mol. The Labute approximate surface area is 114 Å². The van der Waals surface area contributed by atoms with Crippen molar-refractivity contribution in [3.63, 3.8) is 0 Å². The third-order valence-corrected chi connectivity index (χ3v) is 4.06. The molecular weight excluding hydrogens is 270 g/mol. The number of nitrogens with zero attached hydrogens (tertiary/aromatic N) is 1. The topological polar surface area (TPSA) is 91.8 Å². The molecule has 0 rings (SSSR count). The number of sulfone groups is 1. The van der Waals surface area contributed by atoms with Crippen LogP contribution in [0.1, 0.15) is 27.7 Å². The number of hydrogen-bond acceptors (Lipinski definition) is 4. The second-order valence-corrected chi connectivity index (χ2v) is 7.62. The van der Waals surface area contributed by atoms with E-state index in [1.54, 1.807) is 13.8 Å². The van der Waals surface area contributed by atoms with Crippen LogP contribution in [-0.2, 0) is 19.4 Å². The van der Waals surface area contributed by atoms with Crippen LogP contribution in [-0.4, -0.2) is 54.9 Å². The van der Waals surface area contributed by atoms with Crippen LogP contribution in [0.25, 0.3) is 0 Å². The molecule has 0 heterocycles. The molecule has 0 saturated carbocycles. The number of hydrogen-bond donors (Lipinski definition) is 1. The number of carboxylic acids is 1. The second kappa shape index (κ2) is 7.47. The number of rotatable bonds is 8. The fourth-order valence-corrected chi connectivity index (χ4v) is 3.40. The SMILES string of the molecule is CC(C)CN(CC(=O)O)C(=O)CS(=O)(=O)CC(C)C. The van der Waals surface area contributed by atoms with Crippen molar-refractivity contribution in [3.8, 4) is 0 Å². The van der Waals surface area contributed by atoms with Gasteiger partial charge in [-0.05, 0) is 11.8 Å². The van der Waals surface area contributed by atoms with E-state index in [2.05, 4.69) is 0 Å². The zero-order chi connectivity index (χ0) is 15.2. The summed E-state index contributed by atoms with van der Waals surface area (Å²) >= 11 is 0. The Kier molecular flexibility index (Phi) is 7.04. The van der Waals surface area contributed by atoms with Crippen molar-refractivity contribution in [2.75, 3.05) is 24.6 Å². The van der Waals surface area contributed by atoms with E-state index in [1.807, 2.05) is 13.8 Å². The van der Waals surface area contributed by atoms with Crippen molar-refractivity contribution in [2.45, 2.75) is 27.7 Å². The second-order valence-electron chi connectivity index (χ2n) is 5.51. The Bertz CT molecular complexity index is 414. The quantitative estimate of drug-likeness (QED) is 0.708. The van der Waals surface area contributed by atoms with Crippen LogP contribution < -0.4 is 0 Å². The molecule has 112 valence electrons. The first-order valence-corrected chi connectivity index (χ1v) is 8.05. The lowest BCUT2D eigenvalue weighted by molar-refractivity contribution is -0.143. The minimum Gasteiger partial charge on any atom is -0.480 e. The van der Waals surface area contributed by atoms with Crippen LogP contribution in [0.4, 0.5) is 0 Å². The van der Waals surface area contributed by atoms with E-state index in [9.17, 15) is 18.0 Å². The Balaban J connectivity index is 4.76. The van der Waals surface area contributed by atoms with Crippen molar-refractivity contribution in [3.05, 3.63) is 0 Å². The predicted molar refractivity (Wildman–Crippen MR) is 72.5 cm³/mol. The zero-order valence-corrected chi connectivity index (χ0v) is 12.7. The smallest absolute Gasteiger partial charge is 0.323 e. The van der Waals surface area contributed by atoms with Gasteiger partial charge in [0.05, 0.1) is 5.75 Å². The Morgan fingerprint density at radius 1 is 1.11 bits per heavy atom. The molecule has 1 N–H and O–H groups in total. The van der Waals surface area contributed by atoms with Crippen LogP contribution >= 0.6 is 0 Å². The molecule has 19 heavy (non-hydrogen) atoms. The molecule has 0 saturated heterocycles. The molecule has 0 aromatic heterocycles. The monoisotopic (exact) mass is 293 g/mol. The Morgan fingerprint density at radius 2 is 1.63 bits per heavy atom. The number of aliphatic carboxylic acids is 1. The normalized spacial score (nSPS) is 11.9. The minimum absolute atomic E-state index is 0.0594. The summed E-state index contributed by atoms with van der Waals surface area (Å²) in [7, 11) is -3.48. The molecule has 0 fully saturated rings. The summed E-state index contributed by atoms with van der Waals surface area (Å²) < 4.78 is 23.5. The van der Waals surface area contributed by atoms with Gasteiger partial charge in [-0.15, -0.1) is 0 Å². The maximum Gasteiger partial charge on any atom is 0.323 e. The van der Waals surface area contributed by atoms with Gasteiger partial charge in [0, 0.05) is 6.54 Å². The number of carbonyl (C=O) groups excluding carboxylic acids is 1. The fourth-order valence-electron chi connectivity index (χ4n) is 1.70. The maximum absolute atomic E-state index is 11.9. The molecule has 0 radical (unpaired) electrons. The van der Waals surface area contributed by atoms with E-state index in [0.717, 1.165) is 4.90 Å². The van der Waals surface area contributed by atoms with Crippen molar-refractivity contribution < 1.29 is 23.1 Å². The molecular formula is C12H23NO5S. The van der Waals surface area contributed by atoms with Crippen molar-refractivity contribution in [1.82, 2.24) is 4.90 Å². The molecule has 1 amide bonds. The largest absolute Gasteiger partial charge is 0.480 e. The van der Waals surface area contributed by atoms with E-state index >= 15 is 0 Å². The molecule has 0 aliphatic heterocycles. The van der Waals surface area contributed by atoms with Gasteiger partial charge in [0.25, 0.3) is 0 Å². The van der Waals surface area contributed by atoms with Gasteiger partial charge in [-0.2, -0.15) is 0 Å². The molecule has 0 aromatic rings. The van der Waals surface area contributed by atoms with Crippen LogP contribution in [0, 0.1) is 11.8 Å². The summed E-state index contributed by atoms with van der Waals surface area (Å²) in [6.45, 7) is 6.96. The summed E-state index contributed by atoms with van der Waals surface area (Å²) in [5.74, 6) is -2.45. The predicted octanol–water partition coefficient (Wildman–Crippen LogP) is 0.626. The lowest BCUT2D eigenvalue weighted by Gasteiger charge is -2.22. The maximum atomic E-state index is 11.9. The van der Waals surface area contributed by atoms with Crippen molar-refractivity contribution in [2.24, 2.45) is 11.8 Å². The fraction of sp³-hybridized carbons (Fsp3) is 0.833. The summed E-state index contributed by atoms with van der Waals surface area (Å²) in [6.07, 6.45) is 0. The lowest BCUT2D eigenvalue weighted by Crippen LogP contribution is -2.41. The standard InChI is InChI=1S/C12H23NO5S/c1-9(2)5-13(6-12(15)16)11(14)8-19(17,18)7-10(3)4/h9-10H,5-8H2,1-4H3,(H,15,16). The average Bonchev–Trinajstić information content (AvgIpc) is 2.11. The van der Waals surface area contributed by atoms with Gasteiger partial charge >= 0.3 is 5.97 Å². The van der Waals surface area contributed by atoms with Gasteiger partial charge in [-0.25, -0.2) is 8.42 Å². The molecule has 0 unspecified atom stereocenters. The van der Waals surface area contributed by atoms with E-state index < -0.39 is 34.0 Å². The summed E-state index contributed by atoms with van der Waals surface area (Å²) in [5, 5.41) is 8.75. The molecule has 0 aliphatic carbocycles.